The van der Waals surface area contributed by atoms with Gasteiger partial charge in [0.2, 0.25) is 0 Å². The van der Waals surface area contributed by atoms with Crippen LogP contribution >= 0.6 is 0 Å². The van der Waals surface area contributed by atoms with Gasteiger partial charge in [0.05, 0.1) is 28.1 Å². The molecule has 0 spiro atoms. The van der Waals surface area contributed by atoms with Crippen LogP contribution in [0.2, 0.25) is 0 Å². The summed E-state index contributed by atoms with van der Waals surface area (Å²) >= 11 is 0. The Morgan fingerprint density at radius 2 is 1.00 bits per heavy atom. The van der Waals surface area contributed by atoms with E-state index < -0.39 is 0 Å². The van der Waals surface area contributed by atoms with Gasteiger partial charge >= 0.3 is 0 Å². The summed E-state index contributed by atoms with van der Waals surface area (Å²) in [7, 11) is 0. The van der Waals surface area contributed by atoms with Crippen molar-refractivity contribution in [2.75, 3.05) is 0 Å². The molecule has 0 aliphatic heterocycles. The van der Waals surface area contributed by atoms with Crippen molar-refractivity contribution in [1.29, 1.82) is 0 Å². The van der Waals surface area contributed by atoms with Crippen LogP contribution in [0, 0.1) is 0 Å². The van der Waals surface area contributed by atoms with Crippen LogP contribution in [0.15, 0.2) is 172 Å². The Morgan fingerprint density at radius 1 is 0.446 bits per heavy atom. The van der Waals surface area contributed by atoms with E-state index in [0.717, 1.165) is 83.7 Å². The molecule has 0 N–H and O–H groups in total. The molecule has 4 heteroatoms. The fraction of sp³-hybridized carbons (Fsp3) is 0. The highest BCUT2D eigenvalue weighted by Gasteiger charge is 2.18. The van der Waals surface area contributed by atoms with E-state index in [4.69, 9.17) is 9.97 Å². The second-order valence-electron chi connectivity index (χ2n) is 14.1. The van der Waals surface area contributed by atoms with Crippen LogP contribution in [0.1, 0.15) is 22.6 Å². The zero-order valence-corrected chi connectivity index (χ0v) is 30.8. The molecule has 56 heavy (non-hydrogen) atoms. The lowest BCUT2D eigenvalue weighted by molar-refractivity contribution is 1.05. The zero-order valence-electron chi connectivity index (χ0n) is 30.8. The predicted molar refractivity (Wildman–Crippen MR) is 239 cm³/mol. The van der Waals surface area contributed by atoms with Crippen LogP contribution < -0.4 is 0 Å². The van der Waals surface area contributed by atoms with Gasteiger partial charge in [0, 0.05) is 22.2 Å². The van der Waals surface area contributed by atoms with Gasteiger partial charge in [0.25, 0.3) is 0 Å². The number of hydrogen-bond acceptors (Lipinski definition) is 2. The van der Waals surface area contributed by atoms with Gasteiger partial charge in [-0.15, -0.1) is 0 Å². The number of hydrogen-bond donors (Lipinski definition) is 0. The second-order valence-corrected chi connectivity index (χ2v) is 14.1. The molecule has 0 saturated heterocycles. The Kier molecular flexibility index (Phi) is 7.72. The highest BCUT2D eigenvalue weighted by atomic mass is 15.1. The molecule has 10 aromatic rings. The van der Waals surface area contributed by atoms with E-state index in [-0.39, 0.29) is 0 Å². The molecule has 7 aromatic carbocycles. The Hall–Kier alpha value is -7.56. The van der Waals surface area contributed by atoms with Crippen molar-refractivity contribution in [1.82, 2.24) is 18.9 Å². The maximum Gasteiger partial charge on any atom is 0.146 e. The number of aromatic nitrogens is 4. The molecule has 0 unspecified atom stereocenters. The summed E-state index contributed by atoms with van der Waals surface area (Å²) in [6, 6.07) is 51.8. The highest BCUT2D eigenvalue weighted by molar-refractivity contribution is 6.06. The standard InChI is InChI=1S/C52H36N4/c1-5-43-45-32-40(26-27-44(45)52-54-47-16-12-13-17-50(47)56(52)48(43)7-3)38-22-20-34-28-33(18-19-36(34)30-38)35-21-23-39-31-41(25-24-37(39)29-35)51-53-46(6-2)49(8-4)55(51)42-14-10-9-11-15-42/h5-32H,1-4H2. The molecule has 4 nitrogen and oxygen atoms in total. The number of pyridine rings is 1. The molecule has 0 atom stereocenters. The van der Waals surface area contributed by atoms with Crippen LogP contribution in [0.25, 0.3) is 113 Å². The number of para-hydroxylation sites is 3. The summed E-state index contributed by atoms with van der Waals surface area (Å²) in [5, 5.41) is 6.90. The third kappa shape index (κ3) is 5.15. The first-order chi connectivity index (χ1) is 27.6. The second kappa shape index (κ2) is 13.1. The summed E-state index contributed by atoms with van der Waals surface area (Å²) in [6.45, 7) is 16.5. The Labute approximate surface area is 325 Å². The summed E-state index contributed by atoms with van der Waals surface area (Å²) in [5.41, 5.74) is 13.4. The Balaban J connectivity index is 0.997. The van der Waals surface area contributed by atoms with Crippen LogP contribution in [-0.4, -0.2) is 18.9 Å². The zero-order chi connectivity index (χ0) is 37.9. The number of nitrogens with zero attached hydrogens (tertiary/aromatic N) is 4. The van der Waals surface area contributed by atoms with Crippen molar-refractivity contribution in [2.24, 2.45) is 0 Å². The van der Waals surface area contributed by atoms with E-state index in [2.05, 4.69) is 151 Å². The van der Waals surface area contributed by atoms with Crippen molar-refractivity contribution in [3.05, 3.63) is 195 Å². The first-order valence-electron chi connectivity index (χ1n) is 18.7. The Bertz CT molecular complexity index is 3270. The maximum absolute atomic E-state index is 5.03. The molecule has 0 saturated carbocycles. The van der Waals surface area contributed by atoms with Gasteiger partial charge in [-0.2, -0.15) is 0 Å². The average Bonchev–Trinajstić information content (AvgIpc) is 3.84. The third-order valence-electron chi connectivity index (χ3n) is 11.0. The minimum absolute atomic E-state index is 0.809. The molecule has 0 amide bonds. The SMILES string of the molecule is C=Cc1nc(-c2ccc3cc(-c4ccc5cc(-c6ccc7c(c6)c(C=C)c(C=C)n6c8ccccc8nc76)ccc5c4)ccc3c2)n(-c2ccccc2)c1C=C. The lowest BCUT2D eigenvalue weighted by atomic mass is 9.94. The molecule has 3 heterocycles. The van der Waals surface area contributed by atoms with Gasteiger partial charge in [0.15, 0.2) is 0 Å². The quantitative estimate of drug-likeness (QED) is 0.157. The van der Waals surface area contributed by atoms with Gasteiger partial charge in [-0.05, 0) is 128 Å². The minimum atomic E-state index is 0.809. The van der Waals surface area contributed by atoms with E-state index >= 15 is 0 Å². The van der Waals surface area contributed by atoms with E-state index in [1.54, 1.807) is 6.08 Å². The van der Waals surface area contributed by atoms with E-state index in [1.165, 1.54) is 27.3 Å². The monoisotopic (exact) mass is 716 g/mol. The summed E-state index contributed by atoms with van der Waals surface area (Å²) < 4.78 is 4.35. The largest absolute Gasteiger partial charge is 0.292 e. The van der Waals surface area contributed by atoms with Crippen LogP contribution in [-0.2, 0) is 0 Å². The van der Waals surface area contributed by atoms with Crippen molar-refractivity contribution in [3.63, 3.8) is 0 Å². The lowest BCUT2D eigenvalue weighted by Crippen LogP contribution is -1.99. The maximum atomic E-state index is 5.03. The lowest BCUT2D eigenvalue weighted by Gasteiger charge is -2.14. The van der Waals surface area contributed by atoms with Gasteiger partial charge in [-0.3, -0.25) is 8.97 Å². The van der Waals surface area contributed by atoms with Crippen LogP contribution in [0.4, 0.5) is 0 Å². The van der Waals surface area contributed by atoms with Crippen molar-refractivity contribution < 1.29 is 0 Å². The highest BCUT2D eigenvalue weighted by Crippen LogP contribution is 2.37. The van der Waals surface area contributed by atoms with Gasteiger partial charge in [-0.25, -0.2) is 9.97 Å². The molecule has 264 valence electrons. The molecular weight excluding hydrogens is 681 g/mol. The number of imidazole rings is 2. The van der Waals surface area contributed by atoms with E-state index in [1.807, 2.05) is 48.6 Å². The number of rotatable bonds is 8. The molecular formula is C52H36N4. The normalized spacial score (nSPS) is 11.5. The van der Waals surface area contributed by atoms with Gasteiger partial charge in [0.1, 0.15) is 11.5 Å². The van der Waals surface area contributed by atoms with Crippen LogP contribution in [0.5, 0.6) is 0 Å². The van der Waals surface area contributed by atoms with Crippen LogP contribution in [0.3, 0.4) is 0 Å². The topological polar surface area (TPSA) is 35.1 Å². The average molecular weight is 717 g/mol. The first kappa shape index (κ1) is 33.0. The molecule has 0 fully saturated rings. The molecule has 0 bridgehead atoms. The molecule has 0 aliphatic carbocycles. The first-order valence-corrected chi connectivity index (χ1v) is 18.7. The Morgan fingerprint density at radius 3 is 1.61 bits per heavy atom. The van der Waals surface area contributed by atoms with E-state index in [0.29, 0.717) is 0 Å². The third-order valence-corrected chi connectivity index (χ3v) is 11.0. The van der Waals surface area contributed by atoms with Crippen molar-refractivity contribution in [3.8, 4) is 39.3 Å². The molecule has 3 aromatic heterocycles. The summed E-state index contributed by atoms with van der Waals surface area (Å²) in [4.78, 5) is 10.0. The molecule has 0 radical (unpaired) electrons. The van der Waals surface area contributed by atoms with Gasteiger partial charge < -0.3 is 0 Å². The smallest absolute Gasteiger partial charge is 0.146 e. The van der Waals surface area contributed by atoms with E-state index in [9.17, 15) is 0 Å². The fourth-order valence-corrected chi connectivity index (χ4v) is 8.26. The molecule has 10 rings (SSSR count). The summed E-state index contributed by atoms with van der Waals surface area (Å²) in [6.07, 6.45) is 7.48. The fourth-order valence-electron chi connectivity index (χ4n) is 8.26. The van der Waals surface area contributed by atoms with Gasteiger partial charge in [-0.1, -0.05) is 117 Å². The number of fused-ring (bicyclic) bond motifs is 7. The summed E-state index contributed by atoms with van der Waals surface area (Å²) in [5.74, 6) is 0.858. The molecule has 0 aliphatic rings. The van der Waals surface area contributed by atoms with Crippen molar-refractivity contribution in [2.45, 2.75) is 0 Å². The number of benzene rings is 7. The minimum Gasteiger partial charge on any atom is -0.292 e. The predicted octanol–water partition coefficient (Wildman–Crippen LogP) is 13.7. The van der Waals surface area contributed by atoms with Crippen molar-refractivity contribution >= 4 is 73.3 Å².